The second-order valence-electron chi connectivity index (χ2n) is 14.8. The summed E-state index contributed by atoms with van der Waals surface area (Å²) in [5.74, 6) is -0.689. The minimum Gasteiger partial charge on any atom is -0.462 e. The van der Waals surface area contributed by atoms with Gasteiger partial charge in [0, 0.05) is 12.8 Å². The normalized spacial score (nSPS) is 16.6. The molecule has 53 heavy (non-hydrogen) atoms. The number of aliphatic hydroxyl groups is 1. The van der Waals surface area contributed by atoms with Gasteiger partial charge in [0.05, 0.1) is 18.8 Å². The lowest BCUT2D eigenvalue weighted by molar-refractivity contribution is -0.161. The van der Waals surface area contributed by atoms with E-state index in [-0.39, 0.29) is 25.6 Å². The Bertz CT molecular complexity index is 995. The summed E-state index contributed by atoms with van der Waals surface area (Å²) in [6.45, 7) is 3.97. The molecule has 0 aromatic carbocycles. The Morgan fingerprint density at radius 3 is 1.45 bits per heavy atom. The molecule has 1 N–H and O–H groups in total. The number of aliphatic hydroxyl groups excluding tert-OH is 1. The van der Waals surface area contributed by atoms with E-state index in [0.29, 0.717) is 25.0 Å². The summed E-state index contributed by atoms with van der Waals surface area (Å²) in [7, 11) is 0. The summed E-state index contributed by atoms with van der Waals surface area (Å²) in [5.41, 5.74) is 0. The van der Waals surface area contributed by atoms with E-state index in [4.69, 9.17) is 14.2 Å². The van der Waals surface area contributed by atoms with Gasteiger partial charge >= 0.3 is 11.9 Å². The molecule has 1 fully saturated rings. The fourth-order valence-corrected chi connectivity index (χ4v) is 6.33. The third-order valence-corrected chi connectivity index (χ3v) is 9.74. The molecule has 1 aliphatic heterocycles. The molecule has 0 aromatic heterocycles. The van der Waals surface area contributed by atoms with E-state index in [0.717, 1.165) is 57.8 Å². The van der Waals surface area contributed by atoms with Crippen LogP contribution in [0.4, 0.5) is 0 Å². The number of hydrogen-bond acceptors (Lipinski definition) is 6. The molecule has 0 spiro atoms. The van der Waals surface area contributed by atoms with Crippen LogP contribution < -0.4 is 0 Å². The van der Waals surface area contributed by atoms with Gasteiger partial charge in [0.25, 0.3) is 0 Å². The maximum absolute atomic E-state index is 12.2. The highest BCUT2D eigenvalue weighted by molar-refractivity contribution is 5.70. The summed E-state index contributed by atoms with van der Waals surface area (Å²) in [5, 5.41) is 9.57. The SMILES string of the molecule is CC/C=C\CC1OC1C/C=C\C/C=C\C/C=C\C/C=C\CCC(=O)O[C@@H](CO)COC(=O)CCCCCCCCCCCCCCCCCCCCC. The van der Waals surface area contributed by atoms with Crippen LogP contribution in [0.25, 0.3) is 0 Å². The third-order valence-electron chi connectivity index (χ3n) is 9.74. The van der Waals surface area contributed by atoms with Gasteiger partial charge in [-0.25, -0.2) is 0 Å². The fourth-order valence-electron chi connectivity index (χ4n) is 6.33. The van der Waals surface area contributed by atoms with Crippen molar-refractivity contribution in [3.63, 3.8) is 0 Å². The number of hydrogen-bond donors (Lipinski definition) is 1. The van der Waals surface area contributed by atoms with Gasteiger partial charge in [0.15, 0.2) is 6.10 Å². The molecule has 0 bridgehead atoms. The van der Waals surface area contributed by atoms with Crippen molar-refractivity contribution in [2.75, 3.05) is 13.2 Å². The van der Waals surface area contributed by atoms with Crippen LogP contribution in [0.2, 0.25) is 0 Å². The van der Waals surface area contributed by atoms with Crippen LogP contribution in [-0.2, 0) is 23.8 Å². The van der Waals surface area contributed by atoms with Crippen LogP contribution in [0.5, 0.6) is 0 Å². The highest BCUT2D eigenvalue weighted by Crippen LogP contribution is 2.29. The van der Waals surface area contributed by atoms with Gasteiger partial charge in [-0.1, -0.05) is 190 Å². The minimum absolute atomic E-state index is 0.0986. The monoisotopic (exact) mass is 741 g/mol. The molecule has 0 aromatic rings. The Labute approximate surface area is 326 Å². The Balaban J connectivity index is 1.90. The highest BCUT2D eigenvalue weighted by atomic mass is 16.6. The second-order valence-corrected chi connectivity index (χ2v) is 14.8. The van der Waals surface area contributed by atoms with Crippen LogP contribution >= 0.6 is 0 Å². The van der Waals surface area contributed by atoms with Crippen LogP contribution in [0.1, 0.15) is 194 Å². The Morgan fingerprint density at radius 2 is 0.981 bits per heavy atom. The Morgan fingerprint density at radius 1 is 0.547 bits per heavy atom. The Hall–Kier alpha value is -2.44. The quantitative estimate of drug-likeness (QED) is 0.0294. The summed E-state index contributed by atoms with van der Waals surface area (Å²) < 4.78 is 16.3. The van der Waals surface area contributed by atoms with E-state index < -0.39 is 12.1 Å². The van der Waals surface area contributed by atoms with E-state index in [1.165, 1.54) is 103 Å². The average Bonchev–Trinajstić information content (AvgIpc) is 3.92. The molecule has 1 rings (SSSR count). The maximum Gasteiger partial charge on any atom is 0.306 e. The number of unbranched alkanes of at least 4 members (excludes halogenated alkanes) is 18. The molecule has 0 saturated carbocycles. The van der Waals surface area contributed by atoms with E-state index in [1.54, 1.807) is 0 Å². The molecule has 1 aliphatic rings. The first-order valence-electron chi connectivity index (χ1n) is 22.0. The van der Waals surface area contributed by atoms with Crippen LogP contribution in [0.15, 0.2) is 60.8 Å². The van der Waals surface area contributed by atoms with E-state index >= 15 is 0 Å². The van der Waals surface area contributed by atoms with Gasteiger partial charge in [-0.3, -0.25) is 9.59 Å². The highest BCUT2D eigenvalue weighted by Gasteiger charge is 2.35. The summed E-state index contributed by atoms with van der Waals surface area (Å²) in [4.78, 5) is 24.3. The van der Waals surface area contributed by atoms with Crippen molar-refractivity contribution in [3.05, 3.63) is 60.8 Å². The van der Waals surface area contributed by atoms with Gasteiger partial charge in [0.2, 0.25) is 0 Å². The van der Waals surface area contributed by atoms with Crippen LogP contribution in [0.3, 0.4) is 0 Å². The van der Waals surface area contributed by atoms with Crippen molar-refractivity contribution in [1.29, 1.82) is 0 Å². The predicted octanol–water partition coefficient (Wildman–Crippen LogP) is 12.9. The lowest BCUT2D eigenvalue weighted by Gasteiger charge is -2.15. The number of epoxide rings is 1. The zero-order valence-electron chi connectivity index (χ0n) is 34.2. The fraction of sp³-hybridized carbons (Fsp3) is 0.745. The standard InChI is InChI=1S/C47H80O6/c1-3-5-7-8-9-10-11-12-13-14-15-16-17-18-22-25-28-31-35-39-46(49)51-42-43(41-48)52-47(50)40-36-32-29-26-23-20-19-21-24-27-30-34-38-45-44(53-45)37-33-6-4-2/h6,20-21,23-24,29-30,32-34,43-45,48H,3-5,7-19,22,25-28,31,35-42H2,1-2H3/b23-20-,24-21-,32-29-,33-6-,34-30-/t43-,44?,45?/m0/s1. The first-order chi connectivity index (χ1) is 26.1. The van der Waals surface area contributed by atoms with Crippen molar-refractivity contribution in [2.45, 2.75) is 212 Å². The largest absolute Gasteiger partial charge is 0.462 e. The first-order valence-corrected chi connectivity index (χ1v) is 22.0. The number of carbonyl (C=O) groups excluding carboxylic acids is 2. The Kier molecular flexibility index (Phi) is 34.7. The molecule has 6 heteroatoms. The summed E-state index contributed by atoms with van der Waals surface area (Å²) in [6, 6.07) is 0. The van der Waals surface area contributed by atoms with Crippen molar-refractivity contribution >= 4 is 11.9 Å². The summed E-state index contributed by atoms with van der Waals surface area (Å²) >= 11 is 0. The van der Waals surface area contributed by atoms with Gasteiger partial charge in [-0.2, -0.15) is 0 Å². The van der Waals surface area contributed by atoms with Crippen molar-refractivity contribution in [1.82, 2.24) is 0 Å². The predicted molar refractivity (Wildman–Crippen MR) is 223 cm³/mol. The topological polar surface area (TPSA) is 85.4 Å². The number of carbonyl (C=O) groups is 2. The molecule has 1 saturated heterocycles. The van der Waals surface area contributed by atoms with Gasteiger partial charge in [-0.05, 0) is 51.4 Å². The molecule has 0 aliphatic carbocycles. The first kappa shape index (κ1) is 48.6. The second kappa shape index (κ2) is 37.9. The van der Waals surface area contributed by atoms with Crippen molar-refractivity contribution < 1.29 is 28.9 Å². The molecule has 304 valence electrons. The number of ether oxygens (including phenoxy) is 3. The lowest BCUT2D eigenvalue weighted by atomic mass is 10.0. The van der Waals surface area contributed by atoms with Gasteiger partial charge in [-0.15, -0.1) is 0 Å². The molecule has 6 nitrogen and oxygen atoms in total. The lowest BCUT2D eigenvalue weighted by Crippen LogP contribution is -2.28. The summed E-state index contributed by atoms with van der Waals surface area (Å²) in [6.07, 6.45) is 53.4. The van der Waals surface area contributed by atoms with Crippen molar-refractivity contribution in [3.8, 4) is 0 Å². The van der Waals surface area contributed by atoms with Crippen LogP contribution in [-0.4, -0.2) is 48.6 Å². The van der Waals surface area contributed by atoms with E-state index in [2.05, 4.69) is 62.5 Å². The zero-order valence-corrected chi connectivity index (χ0v) is 34.2. The van der Waals surface area contributed by atoms with Crippen molar-refractivity contribution in [2.24, 2.45) is 0 Å². The molecular weight excluding hydrogens is 661 g/mol. The molecule has 3 atom stereocenters. The zero-order chi connectivity index (χ0) is 38.3. The molecule has 2 unspecified atom stereocenters. The van der Waals surface area contributed by atoms with Gasteiger partial charge in [0.1, 0.15) is 6.61 Å². The van der Waals surface area contributed by atoms with Crippen LogP contribution in [0, 0.1) is 0 Å². The molecule has 0 amide bonds. The third kappa shape index (κ3) is 33.8. The number of rotatable bonds is 38. The van der Waals surface area contributed by atoms with E-state index in [1.807, 2.05) is 12.2 Å². The molecule has 0 radical (unpaired) electrons. The number of allylic oxidation sites excluding steroid dienone is 8. The maximum atomic E-state index is 12.2. The number of esters is 2. The van der Waals surface area contributed by atoms with E-state index in [9.17, 15) is 14.7 Å². The minimum atomic E-state index is -0.815. The molecule has 1 heterocycles. The molecular formula is C47H80O6. The van der Waals surface area contributed by atoms with Gasteiger partial charge < -0.3 is 19.3 Å². The average molecular weight is 741 g/mol. The smallest absolute Gasteiger partial charge is 0.306 e.